The molecule has 134 valence electrons. The van der Waals surface area contributed by atoms with Crippen molar-refractivity contribution in [2.24, 2.45) is 0 Å². The van der Waals surface area contributed by atoms with Gasteiger partial charge in [0.25, 0.3) is 0 Å². The van der Waals surface area contributed by atoms with Crippen LogP contribution < -0.4 is 10.6 Å². The number of benzene rings is 3. The van der Waals surface area contributed by atoms with Gasteiger partial charge in [0.15, 0.2) is 0 Å². The SMILES string of the molecule is Cc1cc(Nc2c(C)cccc2C)c(Nc2c(C)cccc2C)cc1C. The first-order valence-electron chi connectivity index (χ1n) is 9.14. The molecule has 26 heavy (non-hydrogen) atoms. The summed E-state index contributed by atoms with van der Waals surface area (Å²) in [6.45, 7) is 12.9. The number of para-hydroxylation sites is 2. The van der Waals surface area contributed by atoms with Gasteiger partial charge >= 0.3 is 0 Å². The molecule has 3 aromatic rings. The molecule has 0 spiro atoms. The standard InChI is InChI=1S/C24H28N2/c1-15-9-7-10-16(2)23(15)25-21-13-19(5)20(6)14-22(21)26-24-17(3)11-8-12-18(24)4/h7-14,25-26H,1-6H3. The minimum absolute atomic E-state index is 1.10. The van der Waals surface area contributed by atoms with Crippen LogP contribution in [0.4, 0.5) is 22.7 Å². The van der Waals surface area contributed by atoms with E-state index in [1.54, 1.807) is 0 Å². The highest BCUT2D eigenvalue weighted by molar-refractivity contribution is 5.82. The maximum absolute atomic E-state index is 3.67. The third-order valence-corrected chi connectivity index (χ3v) is 5.12. The zero-order valence-electron chi connectivity index (χ0n) is 16.6. The van der Waals surface area contributed by atoms with Crippen LogP contribution in [0.25, 0.3) is 0 Å². The van der Waals surface area contributed by atoms with E-state index in [1.807, 2.05) is 0 Å². The van der Waals surface area contributed by atoms with Crippen LogP contribution in [0.3, 0.4) is 0 Å². The van der Waals surface area contributed by atoms with Crippen LogP contribution in [0.15, 0.2) is 48.5 Å². The number of hydrogen-bond acceptors (Lipinski definition) is 2. The molecule has 0 aromatic heterocycles. The molecule has 2 N–H and O–H groups in total. The highest BCUT2D eigenvalue weighted by Crippen LogP contribution is 2.35. The zero-order valence-corrected chi connectivity index (χ0v) is 16.6. The lowest BCUT2D eigenvalue weighted by Crippen LogP contribution is -2.03. The van der Waals surface area contributed by atoms with Gasteiger partial charge in [-0.3, -0.25) is 0 Å². The molecule has 3 aromatic carbocycles. The Morgan fingerprint density at radius 2 is 0.769 bits per heavy atom. The van der Waals surface area contributed by atoms with Crippen molar-refractivity contribution in [1.29, 1.82) is 0 Å². The maximum Gasteiger partial charge on any atom is 0.0626 e. The fraction of sp³-hybridized carbons (Fsp3) is 0.250. The van der Waals surface area contributed by atoms with E-state index in [9.17, 15) is 0 Å². The van der Waals surface area contributed by atoms with E-state index >= 15 is 0 Å². The summed E-state index contributed by atoms with van der Waals surface area (Å²) in [5.41, 5.74) is 12.1. The quantitative estimate of drug-likeness (QED) is 0.531. The fourth-order valence-electron chi connectivity index (χ4n) is 3.32. The van der Waals surface area contributed by atoms with E-state index in [-0.39, 0.29) is 0 Å². The Hall–Kier alpha value is -2.74. The van der Waals surface area contributed by atoms with Gasteiger partial charge in [0, 0.05) is 11.4 Å². The van der Waals surface area contributed by atoms with Crippen molar-refractivity contribution >= 4 is 22.7 Å². The predicted molar refractivity (Wildman–Crippen MR) is 114 cm³/mol. The normalized spacial score (nSPS) is 10.7. The van der Waals surface area contributed by atoms with E-state index in [0.717, 1.165) is 11.4 Å². The summed E-state index contributed by atoms with van der Waals surface area (Å²) in [5, 5.41) is 7.35. The van der Waals surface area contributed by atoms with E-state index in [2.05, 4.69) is 101 Å². The molecule has 3 rings (SSSR count). The molecule has 0 aliphatic rings. The third kappa shape index (κ3) is 3.60. The first kappa shape index (κ1) is 18.1. The Bertz CT molecular complexity index is 836. The second-order valence-electron chi connectivity index (χ2n) is 7.27. The Morgan fingerprint density at radius 3 is 1.08 bits per heavy atom. The lowest BCUT2D eigenvalue weighted by molar-refractivity contribution is 1.30. The van der Waals surface area contributed by atoms with Crippen molar-refractivity contribution < 1.29 is 0 Å². The molecule has 0 heterocycles. The molecule has 0 aliphatic carbocycles. The molecule has 2 heteroatoms. The van der Waals surface area contributed by atoms with Gasteiger partial charge in [-0.1, -0.05) is 36.4 Å². The van der Waals surface area contributed by atoms with Crippen molar-refractivity contribution in [2.45, 2.75) is 41.5 Å². The molecule has 0 radical (unpaired) electrons. The number of aryl methyl sites for hydroxylation is 6. The van der Waals surface area contributed by atoms with Gasteiger partial charge in [-0.05, 0) is 87.1 Å². The van der Waals surface area contributed by atoms with Crippen LogP contribution in [0.1, 0.15) is 33.4 Å². The summed E-state index contributed by atoms with van der Waals surface area (Å²) in [6.07, 6.45) is 0. The van der Waals surface area contributed by atoms with Gasteiger partial charge in [-0.15, -0.1) is 0 Å². The first-order chi connectivity index (χ1) is 12.4. The molecular formula is C24H28N2. The summed E-state index contributed by atoms with van der Waals surface area (Å²) >= 11 is 0. The monoisotopic (exact) mass is 344 g/mol. The number of nitrogens with one attached hydrogen (secondary N) is 2. The van der Waals surface area contributed by atoms with Crippen LogP contribution in [0, 0.1) is 41.5 Å². The number of hydrogen-bond donors (Lipinski definition) is 2. The van der Waals surface area contributed by atoms with Crippen LogP contribution in [0.2, 0.25) is 0 Å². The third-order valence-electron chi connectivity index (χ3n) is 5.12. The van der Waals surface area contributed by atoms with Crippen LogP contribution in [0.5, 0.6) is 0 Å². The molecule has 0 amide bonds. The van der Waals surface area contributed by atoms with E-state index < -0.39 is 0 Å². The van der Waals surface area contributed by atoms with Crippen LogP contribution >= 0.6 is 0 Å². The van der Waals surface area contributed by atoms with Crippen molar-refractivity contribution in [3.63, 3.8) is 0 Å². The lowest BCUT2D eigenvalue weighted by Gasteiger charge is -2.20. The smallest absolute Gasteiger partial charge is 0.0626 e. The van der Waals surface area contributed by atoms with E-state index in [0.29, 0.717) is 0 Å². The number of anilines is 4. The van der Waals surface area contributed by atoms with Gasteiger partial charge in [0.2, 0.25) is 0 Å². The van der Waals surface area contributed by atoms with Gasteiger partial charge < -0.3 is 10.6 Å². The topological polar surface area (TPSA) is 24.1 Å². The van der Waals surface area contributed by atoms with Gasteiger partial charge in [0.1, 0.15) is 0 Å². The average molecular weight is 345 g/mol. The first-order valence-corrected chi connectivity index (χ1v) is 9.14. The molecule has 0 unspecified atom stereocenters. The molecular weight excluding hydrogens is 316 g/mol. The Labute approximate surface area is 157 Å². The summed E-state index contributed by atoms with van der Waals surface area (Å²) in [7, 11) is 0. The molecule has 0 fully saturated rings. The highest BCUT2D eigenvalue weighted by atomic mass is 15.0. The van der Waals surface area contributed by atoms with E-state index in [1.165, 1.54) is 44.8 Å². The molecule has 0 saturated heterocycles. The van der Waals surface area contributed by atoms with Crippen molar-refractivity contribution in [1.82, 2.24) is 0 Å². The van der Waals surface area contributed by atoms with Crippen molar-refractivity contribution in [3.05, 3.63) is 81.9 Å². The van der Waals surface area contributed by atoms with E-state index in [4.69, 9.17) is 0 Å². The van der Waals surface area contributed by atoms with Gasteiger partial charge in [0.05, 0.1) is 11.4 Å². The highest BCUT2D eigenvalue weighted by Gasteiger charge is 2.11. The van der Waals surface area contributed by atoms with Crippen LogP contribution in [-0.2, 0) is 0 Å². The number of rotatable bonds is 4. The second-order valence-corrected chi connectivity index (χ2v) is 7.27. The zero-order chi connectivity index (χ0) is 18.8. The Morgan fingerprint density at radius 1 is 0.462 bits per heavy atom. The summed E-state index contributed by atoms with van der Waals surface area (Å²) in [5.74, 6) is 0. The second kappa shape index (κ2) is 7.25. The minimum atomic E-state index is 1.10. The lowest BCUT2D eigenvalue weighted by atomic mass is 10.0. The molecule has 0 aliphatic heterocycles. The Kier molecular flexibility index (Phi) is 5.03. The molecule has 2 nitrogen and oxygen atoms in total. The Balaban J connectivity index is 2.07. The van der Waals surface area contributed by atoms with Crippen LogP contribution in [-0.4, -0.2) is 0 Å². The molecule has 0 atom stereocenters. The maximum atomic E-state index is 3.67. The van der Waals surface area contributed by atoms with Crippen molar-refractivity contribution in [2.75, 3.05) is 10.6 Å². The molecule has 0 saturated carbocycles. The van der Waals surface area contributed by atoms with Gasteiger partial charge in [-0.2, -0.15) is 0 Å². The largest absolute Gasteiger partial charge is 0.353 e. The molecule has 0 bridgehead atoms. The predicted octanol–water partition coefficient (Wildman–Crippen LogP) is 7.02. The van der Waals surface area contributed by atoms with Gasteiger partial charge in [-0.25, -0.2) is 0 Å². The average Bonchev–Trinajstić information content (AvgIpc) is 2.58. The fourth-order valence-corrected chi connectivity index (χ4v) is 3.32. The summed E-state index contributed by atoms with van der Waals surface area (Å²) in [4.78, 5) is 0. The van der Waals surface area contributed by atoms with Crippen molar-refractivity contribution in [3.8, 4) is 0 Å². The summed E-state index contributed by atoms with van der Waals surface area (Å²) in [6, 6.07) is 17.3. The summed E-state index contributed by atoms with van der Waals surface area (Å²) < 4.78 is 0. The minimum Gasteiger partial charge on any atom is -0.353 e.